The van der Waals surface area contributed by atoms with E-state index in [1.807, 2.05) is 18.7 Å². The quantitative estimate of drug-likeness (QED) is 0.844. The van der Waals surface area contributed by atoms with Crippen molar-refractivity contribution in [3.05, 3.63) is 29.8 Å². The number of nitrogens with one attached hydrogen (secondary N) is 1. The summed E-state index contributed by atoms with van der Waals surface area (Å²) in [5, 5.41) is 3.84. The zero-order chi connectivity index (χ0) is 15.3. The number of carbonyl (C=O) groups is 1. The third kappa shape index (κ3) is 4.01. The maximum Gasteiger partial charge on any atom is 0.326 e. The fourth-order valence-corrected chi connectivity index (χ4v) is 4.42. The van der Waals surface area contributed by atoms with E-state index in [4.69, 9.17) is 4.74 Å². The van der Waals surface area contributed by atoms with Gasteiger partial charge in [0, 0.05) is 10.1 Å². The second kappa shape index (κ2) is 7.32. The first kappa shape index (κ1) is 16.4. The van der Waals surface area contributed by atoms with Crippen LogP contribution in [0.25, 0.3) is 0 Å². The molecule has 2 rings (SSSR count). The smallest absolute Gasteiger partial charge is 0.326 e. The standard InChI is InChI=1S/C17H25NO2S/c1-4-18-17(16(19)20-3)11-5-6-15(12-17)21-14-9-7-13(2)8-10-14/h7-10,15,18H,4-6,11-12H2,1-3H3. The molecule has 0 aliphatic heterocycles. The Bertz CT molecular complexity index is 470. The molecule has 1 aromatic carbocycles. The van der Waals surface area contributed by atoms with Crippen LogP contribution in [0.3, 0.4) is 0 Å². The summed E-state index contributed by atoms with van der Waals surface area (Å²) < 4.78 is 5.05. The van der Waals surface area contributed by atoms with Crippen LogP contribution in [-0.2, 0) is 9.53 Å². The molecule has 1 aliphatic rings. The van der Waals surface area contributed by atoms with Crippen LogP contribution < -0.4 is 5.32 Å². The molecular weight excluding hydrogens is 282 g/mol. The molecule has 2 atom stereocenters. The van der Waals surface area contributed by atoms with Gasteiger partial charge in [-0.1, -0.05) is 24.6 Å². The maximum atomic E-state index is 12.2. The average Bonchev–Trinajstić information content (AvgIpc) is 2.49. The van der Waals surface area contributed by atoms with E-state index >= 15 is 0 Å². The molecule has 116 valence electrons. The van der Waals surface area contributed by atoms with Gasteiger partial charge in [0.15, 0.2) is 0 Å². The van der Waals surface area contributed by atoms with Gasteiger partial charge in [0.1, 0.15) is 5.54 Å². The Morgan fingerprint density at radius 1 is 1.43 bits per heavy atom. The second-order valence-electron chi connectivity index (χ2n) is 5.75. The topological polar surface area (TPSA) is 38.3 Å². The minimum Gasteiger partial charge on any atom is -0.468 e. The molecular formula is C17H25NO2S. The van der Waals surface area contributed by atoms with Gasteiger partial charge in [-0.05, 0) is 51.3 Å². The number of rotatable bonds is 5. The normalized spacial score (nSPS) is 25.6. The van der Waals surface area contributed by atoms with Crippen molar-refractivity contribution in [3.63, 3.8) is 0 Å². The van der Waals surface area contributed by atoms with E-state index in [1.165, 1.54) is 17.6 Å². The van der Waals surface area contributed by atoms with Crippen LogP contribution in [0.5, 0.6) is 0 Å². The van der Waals surface area contributed by atoms with E-state index in [-0.39, 0.29) is 5.97 Å². The fourth-order valence-electron chi connectivity index (χ4n) is 3.09. The summed E-state index contributed by atoms with van der Waals surface area (Å²) in [6, 6.07) is 8.62. The van der Waals surface area contributed by atoms with Crippen molar-refractivity contribution in [3.8, 4) is 0 Å². The molecule has 0 aromatic heterocycles. The van der Waals surface area contributed by atoms with Gasteiger partial charge in [0.25, 0.3) is 0 Å². The van der Waals surface area contributed by atoms with E-state index in [2.05, 4.69) is 36.5 Å². The van der Waals surface area contributed by atoms with E-state index in [0.717, 1.165) is 32.2 Å². The molecule has 1 aromatic rings. The average molecular weight is 307 g/mol. The SMILES string of the molecule is CCNC1(C(=O)OC)CCCC(Sc2ccc(C)cc2)C1. The van der Waals surface area contributed by atoms with Gasteiger partial charge < -0.3 is 10.1 Å². The lowest BCUT2D eigenvalue weighted by Gasteiger charge is -2.39. The number of ether oxygens (including phenoxy) is 1. The van der Waals surface area contributed by atoms with Crippen molar-refractivity contribution < 1.29 is 9.53 Å². The monoisotopic (exact) mass is 307 g/mol. The fraction of sp³-hybridized carbons (Fsp3) is 0.588. The van der Waals surface area contributed by atoms with Gasteiger partial charge in [-0.2, -0.15) is 0 Å². The van der Waals surface area contributed by atoms with Crippen molar-refractivity contribution in [2.45, 2.75) is 55.2 Å². The number of aryl methyl sites for hydroxylation is 1. The molecule has 0 heterocycles. The van der Waals surface area contributed by atoms with E-state index < -0.39 is 5.54 Å². The minimum absolute atomic E-state index is 0.112. The molecule has 1 fully saturated rings. The summed E-state index contributed by atoms with van der Waals surface area (Å²) in [6.07, 6.45) is 3.93. The van der Waals surface area contributed by atoms with Gasteiger partial charge in [0.05, 0.1) is 7.11 Å². The Hall–Kier alpha value is -1.00. The third-order valence-electron chi connectivity index (χ3n) is 4.12. The lowest BCUT2D eigenvalue weighted by Crippen LogP contribution is -2.55. The Morgan fingerprint density at radius 2 is 2.14 bits per heavy atom. The highest BCUT2D eigenvalue weighted by Crippen LogP contribution is 2.39. The first-order chi connectivity index (χ1) is 10.1. The molecule has 0 saturated heterocycles. The highest BCUT2D eigenvalue weighted by atomic mass is 32.2. The van der Waals surface area contributed by atoms with E-state index in [0.29, 0.717) is 5.25 Å². The lowest BCUT2D eigenvalue weighted by atomic mass is 9.81. The lowest BCUT2D eigenvalue weighted by molar-refractivity contribution is -0.150. The van der Waals surface area contributed by atoms with Crippen LogP contribution in [0.1, 0.15) is 38.2 Å². The first-order valence-electron chi connectivity index (χ1n) is 7.66. The maximum absolute atomic E-state index is 12.2. The number of benzene rings is 1. The second-order valence-corrected chi connectivity index (χ2v) is 7.13. The van der Waals surface area contributed by atoms with E-state index in [9.17, 15) is 4.79 Å². The molecule has 1 aliphatic carbocycles. The zero-order valence-electron chi connectivity index (χ0n) is 13.1. The number of methoxy groups -OCH3 is 1. The third-order valence-corrected chi connectivity index (χ3v) is 5.40. The molecule has 0 amide bonds. The molecule has 0 radical (unpaired) electrons. The number of hydrogen-bond acceptors (Lipinski definition) is 4. The van der Waals surface area contributed by atoms with Crippen molar-refractivity contribution in [2.24, 2.45) is 0 Å². The van der Waals surface area contributed by atoms with Gasteiger partial charge >= 0.3 is 5.97 Å². The van der Waals surface area contributed by atoms with Gasteiger partial charge in [-0.25, -0.2) is 0 Å². The molecule has 0 spiro atoms. The van der Waals surface area contributed by atoms with Gasteiger partial charge in [-0.3, -0.25) is 4.79 Å². The largest absolute Gasteiger partial charge is 0.468 e. The van der Waals surface area contributed by atoms with Crippen LogP contribution in [0.2, 0.25) is 0 Å². The van der Waals surface area contributed by atoms with Gasteiger partial charge in [-0.15, -0.1) is 11.8 Å². The van der Waals surface area contributed by atoms with Crippen LogP contribution in [0, 0.1) is 6.92 Å². The summed E-state index contributed by atoms with van der Waals surface area (Å²) >= 11 is 1.88. The molecule has 3 nitrogen and oxygen atoms in total. The Labute approximate surface area is 131 Å². The molecule has 1 N–H and O–H groups in total. The van der Waals surface area contributed by atoms with Crippen molar-refractivity contribution in [1.82, 2.24) is 5.32 Å². The Morgan fingerprint density at radius 3 is 2.76 bits per heavy atom. The summed E-state index contributed by atoms with van der Waals surface area (Å²) in [7, 11) is 1.48. The molecule has 2 unspecified atom stereocenters. The highest BCUT2D eigenvalue weighted by Gasteiger charge is 2.43. The summed E-state index contributed by atoms with van der Waals surface area (Å²) in [5.41, 5.74) is 0.781. The number of likely N-dealkylation sites (N-methyl/N-ethyl adjacent to an activating group) is 1. The number of esters is 1. The number of carbonyl (C=O) groups excluding carboxylic acids is 1. The van der Waals surface area contributed by atoms with Gasteiger partial charge in [0.2, 0.25) is 0 Å². The van der Waals surface area contributed by atoms with Crippen molar-refractivity contribution in [1.29, 1.82) is 0 Å². The van der Waals surface area contributed by atoms with E-state index in [1.54, 1.807) is 0 Å². The number of thioether (sulfide) groups is 1. The van der Waals surface area contributed by atoms with Crippen molar-refractivity contribution in [2.75, 3.05) is 13.7 Å². The summed E-state index contributed by atoms with van der Waals surface area (Å²) in [4.78, 5) is 13.5. The predicted molar refractivity (Wildman–Crippen MR) is 87.7 cm³/mol. The molecule has 1 saturated carbocycles. The Balaban J connectivity index is 2.07. The van der Waals surface area contributed by atoms with Crippen LogP contribution in [0.15, 0.2) is 29.2 Å². The molecule has 0 bridgehead atoms. The zero-order valence-corrected chi connectivity index (χ0v) is 14.0. The number of hydrogen-bond donors (Lipinski definition) is 1. The minimum atomic E-state index is -0.496. The van der Waals surface area contributed by atoms with Crippen LogP contribution in [0.4, 0.5) is 0 Å². The Kier molecular flexibility index (Phi) is 5.71. The van der Waals surface area contributed by atoms with Crippen LogP contribution >= 0.6 is 11.8 Å². The summed E-state index contributed by atoms with van der Waals surface area (Å²) in [5.74, 6) is -0.112. The predicted octanol–water partition coefficient (Wildman–Crippen LogP) is 3.55. The molecule has 21 heavy (non-hydrogen) atoms. The highest BCUT2D eigenvalue weighted by molar-refractivity contribution is 8.00. The summed E-state index contributed by atoms with van der Waals surface area (Å²) in [6.45, 7) is 4.93. The first-order valence-corrected chi connectivity index (χ1v) is 8.54. The van der Waals surface area contributed by atoms with Crippen LogP contribution in [-0.4, -0.2) is 30.4 Å². The molecule has 4 heteroatoms. The van der Waals surface area contributed by atoms with Crippen molar-refractivity contribution >= 4 is 17.7 Å².